The first kappa shape index (κ1) is 16.7. The van der Waals surface area contributed by atoms with Crippen molar-refractivity contribution in [2.24, 2.45) is 0 Å². The number of carbonyl (C=O) groups excluding carboxylic acids is 1. The lowest BCUT2D eigenvalue weighted by molar-refractivity contribution is 0.250. The molecule has 0 atom stereocenters. The standard InChI is InChI=1S/C17H18F2N2O2/c1-12-3-6-14(7-4-12)23-10-2-9-20-17(22)21-16-8-5-13(18)11-15(16)19/h3-8,11H,2,9-10H2,1H3,(H2,20,21,22). The lowest BCUT2D eigenvalue weighted by atomic mass is 10.2. The Bertz CT molecular complexity index is 660. The van der Waals surface area contributed by atoms with Gasteiger partial charge in [0.15, 0.2) is 0 Å². The molecule has 2 aromatic rings. The number of amides is 2. The number of anilines is 1. The molecule has 0 bridgehead atoms. The van der Waals surface area contributed by atoms with Crippen LogP contribution in [0, 0.1) is 18.6 Å². The Kier molecular flexibility index (Phi) is 5.91. The highest BCUT2D eigenvalue weighted by atomic mass is 19.1. The summed E-state index contributed by atoms with van der Waals surface area (Å²) < 4.78 is 31.6. The minimum absolute atomic E-state index is 0.0696. The predicted octanol–water partition coefficient (Wildman–Crippen LogP) is 3.86. The van der Waals surface area contributed by atoms with E-state index in [2.05, 4.69) is 10.6 Å². The Morgan fingerprint density at radius 3 is 2.57 bits per heavy atom. The van der Waals surface area contributed by atoms with Gasteiger partial charge in [-0.1, -0.05) is 17.7 Å². The Balaban J connectivity index is 1.65. The van der Waals surface area contributed by atoms with E-state index in [1.165, 1.54) is 6.07 Å². The second-order valence-corrected chi connectivity index (χ2v) is 5.02. The highest BCUT2D eigenvalue weighted by Crippen LogP contribution is 2.14. The normalized spacial score (nSPS) is 10.2. The predicted molar refractivity (Wildman–Crippen MR) is 84.7 cm³/mol. The minimum atomic E-state index is -0.817. The fourth-order valence-corrected chi connectivity index (χ4v) is 1.86. The number of urea groups is 1. The second-order valence-electron chi connectivity index (χ2n) is 5.02. The van der Waals surface area contributed by atoms with Crippen molar-refractivity contribution >= 4 is 11.7 Å². The topological polar surface area (TPSA) is 50.4 Å². The average molecular weight is 320 g/mol. The first-order valence-electron chi connectivity index (χ1n) is 7.24. The van der Waals surface area contributed by atoms with Crippen molar-refractivity contribution in [3.63, 3.8) is 0 Å². The molecule has 0 aliphatic carbocycles. The maximum Gasteiger partial charge on any atom is 0.319 e. The number of nitrogens with one attached hydrogen (secondary N) is 2. The Labute approximate surface area is 133 Å². The van der Waals surface area contributed by atoms with E-state index in [1.54, 1.807) is 0 Å². The van der Waals surface area contributed by atoms with Crippen molar-refractivity contribution in [1.29, 1.82) is 0 Å². The molecule has 0 aliphatic rings. The van der Waals surface area contributed by atoms with E-state index in [1.807, 2.05) is 31.2 Å². The van der Waals surface area contributed by atoms with E-state index >= 15 is 0 Å². The third kappa shape index (κ3) is 5.58. The zero-order valence-electron chi connectivity index (χ0n) is 12.7. The van der Waals surface area contributed by atoms with Gasteiger partial charge in [0.25, 0.3) is 0 Å². The van der Waals surface area contributed by atoms with Crippen molar-refractivity contribution in [3.8, 4) is 5.75 Å². The van der Waals surface area contributed by atoms with Crippen LogP contribution in [0.2, 0.25) is 0 Å². The summed E-state index contributed by atoms with van der Waals surface area (Å²) in [5, 5.41) is 4.90. The number of rotatable bonds is 6. The summed E-state index contributed by atoms with van der Waals surface area (Å²) in [6.07, 6.45) is 0.604. The van der Waals surface area contributed by atoms with Crippen molar-refractivity contribution in [3.05, 3.63) is 59.7 Å². The first-order valence-corrected chi connectivity index (χ1v) is 7.24. The van der Waals surface area contributed by atoms with Crippen LogP contribution in [0.4, 0.5) is 19.3 Å². The number of ether oxygens (including phenoxy) is 1. The smallest absolute Gasteiger partial charge is 0.319 e. The zero-order chi connectivity index (χ0) is 16.7. The van der Waals surface area contributed by atoms with Crippen LogP contribution in [0.25, 0.3) is 0 Å². The molecular weight excluding hydrogens is 302 g/mol. The van der Waals surface area contributed by atoms with Gasteiger partial charge in [0.2, 0.25) is 0 Å². The second kappa shape index (κ2) is 8.12. The van der Waals surface area contributed by atoms with Crippen molar-refractivity contribution < 1.29 is 18.3 Å². The molecule has 0 fully saturated rings. The quantitative estimate of drug-likeness (QED) is 0.794. The molecule has 0 unspecified atom stereocenters. The molecular formula is C17H18F2N2O2. The van der Waals surface area contributed by atoms with E-state index in [-0.39, 0.29) is 5.69 Å². The van der Waals surface area contributed by atoms with Gasteiger partial charge in [0, 0.05) is 12.6 Å². The van der Waals surface area contributed by atoms with Gasteiger partial charge in [-0.15, -0.1) is 0 Å². The van der Waals surface area contributed by atoms with E-state index in [9.17, 15) is 13.6 Å². The lowest BCUT2D eigenvalue weighted by Gasteiger charge is -2.09. The number of carbonyl (C=O) groups is 1. The van der Waals surface area contributed by atoms with Crippen LogP contribution in [0.15, 0.2) is 42.5 Å². The van der Waals surface area contributed by atoms with Gasteiger partial charge in [-0.2, -0.15) is 0 Å². The molecule has 0 spiro atoms. The van der Waals surface area contributed by atoms with Crippen molar-refractivity contribution in [2.75, 3.05) is 18.5 Å². The summed E-state index contributed by atoms with van der Waals surface area (Å²) in [6, 6.07) is 10.1. The van der Waals surface area contributed by atoms with Gasteiger partial charge < -0.3 is 15.4 Å². The molecule has 0 heterocycles. The molecule has 6 heteroatoms. The molecule has 122 valence electrons. The number of hydrogen-bond acceptors (Lipinski definition) is 2. The van der Waals surface area contributed by atoms with E-state index in [0.717, 1.165) is 17.4 Å². The van der Waals surface area contributed by atoms with Crippen molar-refractivity contribution in [1.82, 2.24) is 5.32 Å². The van der Waals surface area contributed by atoms with Crippen LogP contribution < -0.4 is 15.4 Å². The highest BCUT2D eigenvalue weighted by Gasteiger charge is 2.07. The summed E-state index contributed by atoms with van der Waals surface area (Å²) in [6.45, 7) is 2.82. The van der Waals surface area contributed by atoms with Gasteiger partial charge in [-0.3, -0.25) is 0 Å². The first-order chi connectivity index (χ1) is 11.0. The molecule has 2 aromatic carbocycles. The third-order valence-corrected chi connectivity index (χ3v) is 3.08. The van der Waals surface area contributed by atoms with Gasteiger partial charge in [0.05, 0.1) is 12.3 Å². The van der Waals surface area contributed by atoms with E-state index in [4.69, 9.17) is 4.74 Å². The SMILES string of the molecule is Cc1ccc(OCCCNC(=O)Nc2ccc(F)cc2F)cc1. The van der Waals surface area contributed by atoms with Crippen LogP contribution >= 0.6 is 0 Å². The summed E-state index contributed by atoms with van der Waals surface area (Å²) in [5.74, 6) is -0.738. The maximum absolute atomic E-state index is 13.4. The molecule has 2 N–H and O–H groups in total. The van der Waals surface area contributed by atoms with Crippen LogP contribution in [0.3, 0.4) is 0 Å². The van der Waals surface area contributed by atoms with E-state index < -0.39 is 17.7 Å². The molecule has 0 saturated carbocycles. The number of benzene rings is 2. The highest BCUT2D eigenvalue weighted by molar-refractivity contribution is 5.89. The largest absolute Gasteiger partial charge is 0.494 e. The molecule has 23 heavy (non-hydrogen) atoms. The molecule has 0 radical (unpaired) electrons. The Morgan fingerprint density at radius 1 is 1.13 bits per heavy atom. The minimum Gasteiger partial charge on any atom is -0.494 e. The number of hydrogen-bond donors (Lipinski definition) is 2. The number of halogens is 2. The monoisotopic (exact) mass is 320 g/mol. The number of aryl methyl sites for hydroxylation is 1. The van der Waals surface area contributed by atoms with Crippen LogP contribution in [-0.2, 0) is 0 Å². The van der Waals surface area contributed by atoms with Crippen LogP contribution in [0.5, 0.6) is 5.75 Å². The van der Waals surface area contributed by atoms with Gasteiger partial charge in [-0.05, 0) is 37.6 Å². The molecule has 4 nitrogen and oxygen atoms in total. The Morgan fingerprint density at radius 2 is 1.87 bits per heavy atom. The maximum atomic E-state index is 13.4. The van der Waals surface area contributed by atoms with Crippen LogP contribution in [-0.4, -0.2) is 19.2 Å². The van der Waals surface area contributed by atoms with E-state index in [0.29, 0.717) is 25.6 Å². The van der Waals surface area contributed by atoms with Crippen LogP contribution in [0.1, 0.15) is 12.0 Å². The molecule has 2 rings (SSSR count). The summed E-state index contributed by atoms with van der Waals surface area (Å²) in [5.41, 5.74) is 1.09. The Hall–Kier alpha value is -2.63. The summed E-state index contributed by atoms with van der Waals surface area (Å²) in [7, 11) is 0. The lowest BCUT2D eigenvalue weighted by Crippen LogP contribution is -2.30. The molecule has 0 saturated heterocycles. The molecule has 0 aromatic heterocycles. The third-order valence-electron chi connectivity index (χ3n) is 3.08. The summed E-state index contributed by atoms with van der Waals surface area (Å²) in [4.78, 5) is 11.6. The summed E-state index contributed by atoms with van der Waals surface area (Å²) >= 11 is 0. The van der Waals surface area contributed by atoms with Gasteiger partial charge in [0.1, 0.15) is 17.4 Å². The zero-order valence-corrected chi connectivity index (χ0v) is 12.7. The molecule has 2 amide bonds. The fraction of sp³-hybridized carbons (Fsp3) is 0.235. The van der Waals surface area contributed by atoms with Crippen molar-refractivity contribution in [2.45, 2.75) is 13.3 Å². The van der Waals surface area contributed by atoms with Gasteiger partial charge >= 0.3 is 6.03 Å². The molecule has 0 aliphatic heterocycles. The fourth-order valence-electron chi connectivity index (χ4n) is 1.86. The average Bonchev–Trinajstić information content (AvgIpc) is 2.51. The van der Waals surface area contributed by atoms with Gasteiger partial charge in [-0.25, -0.2) is 13.6 Å².